The van der Waals surface area contributed by atoms with E-state index in [2.05, 4.69) is 44.2 Å². The molecule has 0 saturated heterocycles. The third-order valence-electron chi connectivity index (χ3n) is 1.98. The van der Waals surface area contributed by atoms with Gasteiger partial charge in [0.25, 0.3) is 0 Å². The summed E-state index contributed by atoms with van der Waals surface area (Å²) in [5, 5.41) is 0. The molecular formula is C15H32. The molecule has 0 fully saturated rings. The maximum Gasteiger partial charge on any atom is -0.0193 e. The zero-order chi connectivity index (χ0) is 9.40. The molecule has 0 N–H and O–H groups in total. The highest BCUT2D eigenvalue weighted by Gasteiger charge is 1.98. The zero-order valence-electron chi connectivity index (χ0n) is 8.67. The van der Waals surface area contributed by atoms with E-state index < -0.39 is 0 Å². The molecule has 0 bridgehead atoms. The summed E-state index contributed by atoms with van der Waals surface area (Å²) in [6.07, 6.45) is 1.23. The maximum atomic E-state index is 2.26. The summed E-state index contributed by atoms with van der Waals surface area (Å²) in [4.78, 5) is 0. The lowest BCUT2D eigenvalue weighted by atomic mass is 9.99. The van der Waals surface area contributed by atoms with Gasteiger partial charge in [0.2, 0.25) is 0 Å². The summed E-state index contributed by atoms with van der Waals surface area (Å²) in [5.74, 6) is 0.709. The van der Waals surface area contributed by atoms with Crippen LogP contribution in [0.15, 0.2) is 30.3 Å². The lowest BCUT2D eigenvalue weighted by molar-refractivity contribution is 0.733. The SMILES string of the molecule is C.C.C.CC.CCC(C)c1ccccc1. The molecule has 0 aromatic heterocycles. The van der Waals surface area contributed by atoms with Crippen molar-refractivity contribution in [1.29, 1.82) is 0 Å². The molecule has 0 aliphatic carbocycles. The third kappa shape index (κ3) is 9.52. The van der Waals surface area contributed by atoms with Gasteiger partial charge in [-0.25, -0.2) is 0 Å². The van der Waals surface area contributed by atoms with E-state index in [0.29, 0.717) is 5.92 Å². The Hall–Kier alpha value is -0.780. The molecule has 0 radical (unpaired) electrons. The zero-order valence-corrected chi connectivity index (χ0v) is 8.67. The van der Waals surface area contributed by atoms with Crippen LogP contribution in [0.5, 0.6) is 0 Å². The van der Waals surface area contributed by atoms with Gasteiger partial charge in [0.05, 0.1) is 0 Å². The second-order valence-electron chi connectivity index (χ2n) is 2.72. The van der Waals surface area contributed by atoms with Crippen LogP contribution in [0.1, 0.15) is 67.9 Å². The van der Waals surface area contributed by atoms with Crippen LogP contribution in [0.4, 0.5) is 0 Å². The first-order chi connectivity index (χ1) is 5.84. The van der Waals surface area contributed by atoms with Gasteiger partial charge in [0.15, 0.2) is 0 Å². The van der Waals surface area contributed by atoms with Crippen molar-refractivity contribution in [1.82, 2.24) is 0 Å². The van der Waals surface area contributed by atoms with Crippen LogP contribution in [0, 0.1) is 0 Å². The Balaban J connectivity index is -0.000000114. The molecular weight excluding hydrogens is 180 g/mol. The van der Waals surface area contributed by atoms with Crippen LogP contribution in [0.25, 0.3) is 0 Å². The standard InChI is InChI=1S/C10H14.C2H6.3CH4/c1-3-9(2)10-7-5-4-6-8-10;1-2;;;/h4-9H,3H2,1-2H3;1-2H3;3*1H4. The van der Waals surface area contributed by atoms with Crippen LogP contribution in [-0.4, -0.2) is 0 Å². The molecule has 0 aliphatic rings. The van der Waals surface area contributed by atoms with E-state index in [1.54, 1.807) is 0 Å². The summed E-state index contributed by atoms with van der Waals surface area (Å²) in [6.45, 7) is 8.48. The Morgan fingerprint density at radius 1 is 0.933 bits per heavy atom. The van der Waals surface area contributed by atoms with E-state index in [1.165, 1.54) is 12.0 Å². The van der Waals surface area contributed by atoms with Crippen LogP contribution in [0.2, 0.25) is 0 Å². The van der Waals surface area contributed by atoms with Gasteiger partial charge in [0, 0.05) is 0 Å². The highest BCUT2D eigenvalue weighted by molar-refractivity contribution is 5.18. The molecule has 0 heteroatoms. The fraction of sp³-hybridized carbons (Fsp3) is 0.600. The lowest BCUT2D eigenvalue weighted by Crippen LogP contribution is -1.88. The minimum Gasteiger partial charge on any atom is -0.0776 e. The Kier molecular flexibility index (Phi) is 24.9. The second kappa shape index (κ2) is 15.7. The van der Waals surface area contributed by atoms with Crippen molar-refractivity contribution < 1.29 is 0 Å². The van der Waals surface area contributed by atoms with Gasteiger partial charge in [-0.3, -0.25) is 0 Å². The minimum absolute atomic E-state index is 0. The molecule has 0 saturated carbocycles. The first kappa shape index (κ1) is 23.8. The lowest BCUT2D eigenvalue weighted by Gasteiger charge is -2.06. The van der Waals surface area contributed by atoms with Crippen molar-refractivity contribution in [2.75, 3.05) is 0 Å². The van der Waals surface area contributed by atoms with Crippen molar-refractivity contribution in [3.63, 3.8) is 0 Å². The summed E-state index contributed by atoms with van der Waals surface area (Å²) in [6, 6.07) is 10.6. The molecule has 1 atom stereocenters. The average Bonchev–Trinajstić information content (AvgIpc) is 2.21. The van der Waals surface area contributed by atoms with Gasteiger partial charge >= 0.3 is 0 Å². The van der Waals surface area contributed by atoms with Crippen molar-refractivity contribution >= 4 is 0 Å². The molecule has 0 heterocycles. The molecule has 1 unspecified atom stereocenters. The predicted octanol–water partition coefficient (Wildman–Crippen LogP) is 6.13. The predicted molar refractivity (Wildman–Crippen MR) is 76.7 cm³/mol. The Labute approximate surface area is 98.7 Å². The minimum atomic E-state index is 0. The first-order valence-corrected chi connectivity index (χ1v) is 4.89. The van der Waals surface area contributed by atoms with Crippen molar-refractivity contribution in [2.45, 2.75) is 62.3 Å². The molecule has 0 amide bonds. The molecule has 1 rings (SSSR count). The molecule has 0 nitrogen and oxygen atoms in total. The Morgan fingerprint density at radius 3 is 1.67 bits per heavy atom. The van der Waals surface area contributed by atoms with Gasteiger partial charge in [-0.15, -0.1) is 0 Å². The van der Waals surface area contributed by atoms with E-state index in [9.17, 15) is 0 Å². The molecule has 1 aromatic carbocycles. The maximum absolute atomic E-state index is 2.26. The summed E-state index contributed by atoms with van der Waals surface area (Å²) >= 11 is 0. The largest absolute Gasteiger partial charge is 0.0776 e. The summed E-state index contributed by atoms with van der Waals surface area (Å²) < 4.78 is 0. The van der Waals surface area contributed by atoms with Gasteiger partial charge in [-0.2, -0.15) is 0 Å². The van der Waals surface area contributed by atoms with Crippen molar-refractivity contribution in [2.24, 2.45) is 0 Å². The van der Waals surface area contributed by atoms with Crippen LogP contribution < -0.4 is 0 Å². The number of hydrogen-bond acceptors (Lipinski definition) is 0. The molecule has 15 heavy (non-hydrogen) atoms. The van der Waals surface area contributed by atoms with Gasteiger partial charge in [0.1, 0.15) is 0 Å². The second-order valence-corrected chi connectivity index (χ2v) is 2.72. The fourth-order valence-electron chi connectivity index (χ4n) is 1.02. The quantitative estimate of drug-likeness (QED) is 0.553. The number of benzene rings is 1. The highest BCUT2D eigenvalue weighted by atomic mass is 14.0. The average molecular weight is 212 g/mol. The highest BCUT2D eigenvalue weighted by Crippen LogP contribution is 2.16. The van der Waals surface area contributed by atoms with Crippen molar-refractivity contribution in [3.05, 3.63) is 35.9 Å². The van der Waals surface area contributed by atoms with E-state index in [4.69, 9.17) is 0 Å². The van der Waals surface area contributed by atoms with E-state index >= 15 is 0 Å². The number of hydrogen-bond donors (Lipinski definition) is 0. The van der Waals surface area contributed by atoms with Crippen LogP contribution in [0.3, 0.4) is 0 Å². The monoisotopic (exact) mass is 212 g/mol. The van der Waals surface area contributed by atoms with Crippen LogP contribution >= 0.6 is 0 Å². The fourth-order valence-corrected chi connectivity index (χ4v) is 1.02. The van der Waals surface area contributed by atoms with Gasteiger partial charge in [-0.1, -0.05) is 80.3 Å². The Morgan fingerprint density at radius 2 is 1.33 bits per heavy atom. The molecule has 0 spiro atoms. The van der Waals surface area contributed by atoms with Gasteiger partial charge < -0.3 is 0 Å². The normalized spacial score (nSPS) is 9.07. The third-order valence-corrected chi connectivity index (χ3v) is 1.98. The molecule has 1 aromatic rings. The summed E-state index contributed by atoms with van der Waals surface area (Å²) in [5.41, 5.74) is 1.45. The van der Waals surface area contributed by atoms with Crippen molar-refractivity contribution in [3.8, 4) is 0 Å². The van der Waals surface area contributed by atoms with Gasteiger partial charge in [-0.05, 0) is 17.9 Å². The van der Waals surface area contributed by atoms with E-state index in [-0.39, 0.29) is 22.3 Å². The summed E-state index contributed by atoms with van der Waals surface area (Å²) in [7, 11) is 0. The topological polar surface area (TPSA) is 0 Å². The van der Waals surface area contributed by atoms with Crippen LogP contribution in [-0.2, 0) is 0 Å². The molecule has 0 aliphatic heterocycles. The molecule has 92 valence electrons. The first-order valence-electron chi connectivity index (χ1n) is 4.89. The smallest absolute Gasteiger partial charge is 0.0193 e. The number of rotatable bonds is 2. The van der Waals surface area contributed by atoms with E-state index in [1.807, 2.05) is 13.8 Å². The Bertz CT molecular complexity index is 176. The van der Waals surface area contributed by atoms with E-state index in [0.717, 1.165) is 0 Å².